The fourth-order valence-corrected chi connectivity index (χ4v) is 4.45. The van der Waals surface area contributed by atoms with Gasteiger partial charge in [0.05, 0.1) is 0 Å². The molecule has 4 nitrogen and oxygen atoms in total. The van der Waals surface area contributed by atoms with E-state index < -0.39 is 0 Å². The second kappa shape index (κ2) is 7.55. The van der Waals surface area contributed by atoms with Gasteiger partial charge in [-0.2, -0.15) is 0 Å². The molecule has 0 bridgehead atoms. The quantitative estimate of drug-likeness (QED) is 0.858. The third-order valence-electron chi connectivity index (χ3n) is 5.97. The topological polar surface area (TPSA) is 55.4 Å². The van der Waals surface area contributed by atoms with Gasteiger partial charge in [0.25, 0.3) is 0 Å². The minimum Gasteiger partial charge on any atom is -0.449 e. The highest BCUT2D eigenvalue weighted by atomic mass is 16.5. The standard InChI is InChI=1S/C23H25NO3/c1-15(25)16-10-12-17(13-11-16)24-23(26)27-14-22-20-8-4-2-6-18(20)19-7-3-5-9-21(19)22/h2-9,16-17,22H,10-14H2,1H3,(H,24,26). The number of fused-ring (bicyclic) bond motifs is 3. The SMILES string of the molecule is CC(=O)C1CCC(NC(=O)OCC2c3ccccc3-c3ccccc32)CC1. The first kappa shape index (κ1) is 17.8. The van der Waals surface area contributed by atoms with E-state index in [0.29, 0.717) is 6.61 Å². The third kappa shape index (κ3) is 3.61. The van der Waals surface area contributed by atoms with E-state index in [2.05, 4.69) is 29.6 Å². The molecular weight excluding hydrogens is 338 g/mol. The van der Waals surface area contributed by atoms with Crippen LogP contribution < -0.4 is 5.32 Å². The average molecular weight is 363 g/mol. The Morgan fingerprint density at radius 2 is 1.48 bits per heavy atom. The number of Topliss-reactive ketones (excluding diaryl/α,β-unsaturated/α-hetero) is 1. The van der Waals surface area contributed by atoms with Gasteiger partial charge in [-0.3, -0.25) is 4.79 Å². The fraction of sp³-hybridized carbons (Fsp3) is 0.391. The van der Waals surface area contributed by atoms with Crippen LogP contribution in [0.4, 0.5) is 4.79 Å². The van der Waals surface area contributed by atoms with Crippen molar-refractivity contribution in [1.82, 2.24) is 5.32 Å². The van der Waals surface area contributed by atoms with E-state index in [9.17, 15) is 9.59 Å². The Morgan fingerprint density at radius 1 is 0.926 bits per heavy atom. The van der Waals surface area contributed by atoms with Gasteiger partial charge in [-0.15, -0.1) is 0 Å². The highest BCUT2D eigenvalue weighted by Gasteiger charge is 2.30. The van der Waals surface area contributed by atoms with Gasteiger partial charge in [-0.05, 0) is 54.9 Å². The first-order valence-corrected chi connectivity index (χ1v) is 9.75. The minimum absolute atomic E-state index is 0.0802. The maximum absolute atomic E-state index is 12.3. The zero-order chi connectivity index (χ0) is 18.8. The van der Waals surface area contributed by atoms with Crippen LogP contribution in [0.5, 0.6) is 0 Å². The molecule has 0 heterocycles. The number of amides is 1. The van der Waals surface area contributed by atoms with Gasteiger partial charge >= 0.3 is 6.09 Å². The van der Waals surface area contributed by atoms with Crippen molar-refractivity contribution in [2.45, 2.75) is 44.6 Å². The monoisotopic (exact) mass is 363 g/mol. The van der Waals surface area contributed by atoms with Gasteiger partial charge in [0.2, 0.25) is 0 Å². The molecule has 1 saturated carbocycles. The van der Waals surface area contributed by atoms with E-state index in [4.69, 9.17) is 4.74 Å². The number of benzene rings is 2. The second-order valence-corrected chi connectivity index (χ2v) is 7.63. The second-order valence-electron chi connectivity index (χ2n) is 7.63. The summed E-state index contributed by atoms with van der Waals surface area (Å²) in [5.41, 5.74) is 4.89. The molecule has 4 heteroatoms. The van der Waals surface area contributed by atoms with E-state index in [-0.39, 0.29) is 29.8 Å². The summed E-state index contributed by atoms with van der Waals surface area (Å²) in [6.45, 7) is 1.99. The number of hydrogen-bond acceptors (Lipinski definition) is 3. The summed E-state index contributed by atoms with van der Waals surface area (Å²) in [7, 11) is 0. The minimum atomic E-state index is -0.358. The molecule has 0 aromatic heterocycles. The van der Waals surface area contributed by atoms with Crippen LogP contribution in [0.2, 0.25) is 0 Å². The van der Waals surface area contributed by atoms with Crippen molar-refractivity contribution in [2.24, 2.45) is 5.92 Å². The molecule has 2 aromatic carbocycles. The number of carbonyl (C=O) groups excluding carboxylic acids is 2. The predicted octanol–water partition coefficient (Wildman–Crippen LogP) is 4.67. The molecule has 1 amide bonds. The average Bonchev–Trinajstić information content (AvgIpc) is 3.01. The van der Waals surface area contributed by atoms with Gasteiger partial charge in [0.15, 0.2) is 0 Å². The summed E-state index contributed by atoms with van der Waals surface area (Å²) >= 11 is 0. The molecule has 0 saturated heterocycles. The van der Waals surface area contributed by atoms with Crippen LogP contribution in [0.1, 0.15) is 49.7 Å². The highest BCUT2D eigenvalue weighted by Crippen LogP contribution is 2.44. The highest BCUT2D eigenvalue weighted by molar-refractivity contribution is 5.79. The van der Waals surface area contributed by atoms with Crippen molar-refractivity contribution in [2.75, 3.05) is 6.61 Å². The van der Waals surface area contributed by atoms with Gasteiger partial charge in [-0.1, -0.05) is 48.5 Å². The molecule has 1 fully saturated rings. The largest absolute Gasteiger partial charge is 0.449 e. The van der Waals surface area contributed by atoms with E-state index in [1.165, 1.54) is 22.3 Å². The lowest BCUT2D eigenvalue weighted by Gasteiger charge is -2.27. The Balaban J connectivity index is 1.37. The van der Waals surface area contributed by atoms with Crippen molar-refractivity contribution in [1.29, 1.82) is 0 Å². The zero-order valence-electron chi connectivity index (χ0n) is 15.6. The Kier molecular flexibility index (Phi) is 4.97. The molecule has 0 radical (unpaired) electrons. The molecule has 0 atom stereocenters. The normalized spacial score (nSPS) is 21.2. The number of ketones is 1. The van der Waals surface area contributed by atoms with E-state index >= 15 is 0 Å². The molecule has 1 N–H and O–H groups in total. The van der Waals surface area contributed by atoms with Crippen molar-refractivity contribution >= 4 is 11.9 Å². The number of alkyl carbamates (subject to hydrolysis) is 1. The fourth-order valence-electron chi connectivity index (χ4n) is 4.45. The lowest BCUT2D eigenvalue weighted by atomic mass is 9.84. The number of nitrogens with one attached hydrogen (secondary N) is 1. The zero-order valence-corrected chi connectivity index (χ0v) is 15.6. The molecule has 140 valence electrons. The first-order valence-electron chi connectivity index (χ1n) is 9.75. The molecule has 0 unspecified atom stereocenters. The van der Waals surface area contributed by atoms with E-state index in [1.54, 1.807) is 6.92 Å². The van der Waals surface area contributed by atoms with Gasteiger partial charge < -0.3 is 10.1 Å². The summed E-state index contributed by atoms with van der Waals surface area (Å²) in [4.78, 5) is 23.8. The summed E-state index contributed by atoms with van der Waals surface area (Å²) in [5.74, 6) is 0.497. The van der Waals surface area contributed by atoms with Gasteiger partial charge in [0.1, 0.15) is 12.4 Å². The lowest BCUT2D eigenvalue weighted by molar-refractivity contribution is -0.121. The molecule has 2 aromatic rings. The first-order chi connectivity index (χ1) is 13.1. The Labute approximate surface area is 159 Å². The van der Waals surface area contributed by atoms with E-state index in [0.717, 1.165) is 25.7 Å². The Morgan fingerprint density at radius 3 is 2.04 bits per heavy atom. The van der Waals surface area contributed by atoms with Crippen LogP contribution in [0.25, 0.3) is 11.1 Å². The third-order valence-corrected chi connectivity index (χ3v) is 5.97. The number of carbonyl (C=O) groups is 2. The number of ether oxygens (including phenoxy) is 1. The number of hydrogen-bond donors (Lipinski definition) is 1. The number of rotatable bonds is 4. The van der Waals surface area contributed by atoms with Crippen LogP contribution in [0, 0.1) is 5.92 Å². The van der Waals surface area contributed by atoms with Crippen molar-refractivity contribution in [3.63, 3.8) is 0 Å². The molecule has 0 aliphatic heterocycles. The molecule has 2 aliphatic rings. The molecule has 2 aliphatic carbocycles. The van der Waals surface area contributed by atoms with Gasteiger partial charge in [0, 0.05) is 17.9 Å². The molecule has 27 heavy (non-hydrogen) atoms. The van der Waals surface area contributed by atoms with Crippen molar-refractivity contribution in [3.05, 3.63) is 59.7 Å². The van der Waals surface area contributed by atoms with Crippen LogP contribution in [0.15, 0.2) is 48.5 Å². The smallest absolute Gasteiger partial charge is 0.407 e. The lowest BCUT2D eigenvalue weighted by Crippen LogP contribution is -2.39. The van der Waals surface area contributed by atoms with Crippen molar-refractivity contribution < 1.29 is 14.3 Å². The summed E-state index contributed by atoms with van der Waals surface area (Å²) in [5, 5.41) is 2.98. The maximum atomic E-state index is 12.3. The van der Waals surface area contributed by atoms with Crippen LogP contribution in [-0.2, 0) is 9.53 Å². The summed E-state index contributed by atoms with van der Waals surface area (Å²) in [6.07, 6.45) is 3.03. The van der Waals surface area contributed by atoms with E-state index in [1.807, 2.05) is 24.3 Å². The molecule has 0 spiro atoms. The van der Waals surface area contributed by atoms with Crippen LogP contribution >= 0.6 is 0 Å². The maximum Gasteiger partial charge on any atom is 0.407 e. The summed E-state index contributed by atoms with van der Waals surface area (Å²) < 4.78 is 5.60. The molecular formula is C23H25NO3. The Bertz CT molecular complexity index is 807. The Hall–Kier alpha value is -2.62. The van der Waals surface area contributed by atoms with Crippen molar-refractivity contribution in [3.8, 4) is 11.1 Å². The summed E-state index contributed by atoms with van der Waals surface area (Å²) in [6, 6.07) is 16.7. The predicted molar refractivity (Wildman–Crippen MR) is 105 cm³/mol. The van der Waals surface area contributed by atoms with Crippen LogP contribution in [-0.4, -0.2) is 24.5 Å². The molecule has 4 rings (SSSR count). The van der Waals surface area contributed by atoms with Gasteiger partial charge in [-0.25, -0.2) is 4.79 Å². The van der Waals surface area contributed by atoms with Crippen LogP contribution in [0.3, 0.4) is 0 Å².